The number of nitrogens with zero attached hydrogens (tertiary/aromatic N) is 4. The standard InChI is InChI=1S/C27H37N5O2/c1-29-16-18-31(19-17-29)25-10-11-26(34-2)23-12-15-32(20-24(23)25)27(33)28-21-6-8-22(9-7-21)30-13-4-3-5-14-30/h6-11H,3-5,12-20H2,1-2H3,(H,28,33). The van der Waals surface area contributed by atoms with Gasteiger partial charge in [-0.1, -0.05) is 0 Å². The highest BCUT2D eigenvalue weighted by atomic mass is 16.5. The number of carbonyl (C=O) groups excluding carboxylic acids is 1. The van der Waals surface area contributed by atoms with E-state index >= 15 is 0 Å². The Labute approximate surface area is 203 Å². The molecule has 2 saturated heterocycles. The van der Waals surface area contributed by atoms with Gasteiger partial charge < -0.3 is 29.7 Å². The van der Waals surface area contributed by atoms with Crippen LogP contribution in [0.2, 0.25) is 0 Å². The molecule has 2 fully saturated rings. The first-order valence-electron chi connectivity index (χ1n) is 12.7. The summed E-state index contributed by atoms with van der Waals surface area (Å²) in [6, 6.07) is 12.5. The summed E-state index contributed by atoms with van der Waals surface area (Å²) in [5, 5.41) is 3.12. The molecule has 1 N–H and O–H groups in total. The van der Waals surface area contributed by atoms with Crippen LogP contribution in [0, 0.1) is 0 Å². The molecular formula is C27H37N5O2. The third-order valence-corrected chi connectivity index (χ3v) is 7.54. The average Bonchev–Trinajstić information content (AvgIpc) is 2.89. The monoisotopic (exact) mass is 463 g/mol. The molecule has 0 aromatic heterocycles. The fourth-order valence-corrected chi connectivity index (χ4v) is 5.44. The maximum Gasteiger partial charge on any atom is 0.322 e. The molecule has 182 valence electrons. The lowest BCUT2D eigenvalue weighted by Crippen LogP contribution is -2.46. The zero-order chi connectivity index (χ0) is 23.5. The summed E-state index contributed by atoms with van der Waals surface area (Å²) in [7, 11) is 3.91. The second-order valence-corrected chi connectivity index (χ2v) is 9.73. The van der Waals surface area contributed by atoms with Crippen molar-refractivity contribution in [2.45, 2.75) is 32.2 Å². The third kappa shape index (κ3) is 4.80. The summed E-state index contributed by atoms with van der Waals surface area (Å²) in [6.07, 6.45) is 4.65. The van der Waals surface area contributed by atoms with Crippen molar-refractivity contribution in [3.8, 4) is 5.75 Å². The molecule has 0 unspecified atom stereocenters. The van der Waals surface area contributed by atoms with Crippen LogP contribution in [0.15, 0.2) is 36.4 Å². The first kappa shape index (κ1) is 22.8. The zero-order valence-corrected chi connectivity index (χ0v) is 20.6. The Hall–Kier alpha value is -2.93. The topological polar surface area (TPSA) is 51.3 Å². The number of piperidine rings is 1. The fraction of sp³-hybridized carbons (Fsp3) is 0.519. The van der Waals surface area contributed by atoms with Crippen molar-refractivity contribution in [3.63, 3.8) is 0 Å². The van der Waals surface area contributed by atoms with Gasteiger partial charge in [0.15, 0.2) is 0 Å². The number of benzene rings is 2. The van der Waals surface area contributed by atoms with Gasteiger partial charge in [0.1, 0.15) is 5.75 Å². The van der Waals surface area contributed by atoms with Crippen LogP contribution >= 0.6 is 0 Å². The van der Waals surface area contributed by atoms with Crippen LogP contribution in [0.25, 0.3) is 0 Å². The van der Waals surface area contributed by atoms with Gasteiger partial charge in [0.2, 0.25) is 0 Å². The summed E-state index contributed by atoms with van der Waals surface area (Å²) in [5.74, 6) is 0.932. The smallest absolute Gasteiger partial charge is 0.322 e. The van der Waals surface area contributed by atoms with E-state index in [1.54, 1.807) is 7.11 Å². The number of anilines is 3. The molecule has 3 aliphatic rings. The highest BCUT2D eigenvalue weighted by Gasteiger charge is 2.28. The van der Waals surface area contributed by atoms with Crippen molar-refractivity contribution in [1.82, 2.24) is 9.80 Å². The number of methoxy groups -OCH3 is 1. The van der Waals surface area contributed by atoms with Gasteiger partial charge in [-0.15, -0.1) is 0 Å². The van der Waals surface area contributed by atoms with E-state index in [9.17, 15) is 4.79 Å². The van der Waals surface area contributed by atoms with Gasteiger partial charge in [-0.3, -0.25) is 0 Å². The quantitative estimate of drug-likeness (QED) is 0.742. The molecule has 34 heavy (non-hydrogen) atoms. The molecule has 7 heteroatoms. The van der Waals surface area contributed by atoms with Crippen molar-refractivity contribution >= 4 is 23.1 Å². The molecule has 0 saturated carbocycles. The molecule has 0 radical (unpaired) electrons. The molecule has 2 aromatic carbocycles. The minimum atomic E-state index is -0.0384. The number of amides is 2. The van der Waals surface area contributed by atoms with Crippen molar-refractivity contribution < 1.29 is 9.53 Å². The van der Waals surface area contributed by atoms with Crippen LogP contribution in [0.3, 0.4) is 0 Å². The van der Waals surface area contributed by atoms with Gasteiger partial charge in [-0.05, 0) is 69.1 Å². The highest BCUT2D eigenvalue weighted by Crippen LogP contribution is 2.36. The van der Waals surface area contributed by atoms with E-state index in [4.69, 9.17) is 4.74 Å². The van der Waals surface area contributed by atoms with Gasteiger partial charge in [-0.25, -0.2) is 4.79 Å². The van der Waals surface area contributed by atoms with Gasteiger partial charge in [-0.2, -0.15) is 0 Å². The number of urea groups is 1. The molecule has 7 nitrogen and oxygen atoms in total. The molecule has 5 rings (SSSR count). The highest BCUT2D eigenvalue weighted by molar-refractivity contribution is 5.90. The van der Waals surface area contributed by atoms with Crippen molar-refractivity contribution in [1.29, 1.82) is 0 Å². The van der Waals surface area contributed by atoms with Crippen LogP contribution in [-0.4, -0.2) is 75.8 Å². The molecule has 0 atom stereocenters. The number of hydrogen-bond donors (Lipinski definition) is 1. The number of fused-ring (bicyclic) bond motifs is 1. The average molecular weight is 464 g/mol. The first-order valence-corrected chi connectivity index (χ1v) is 12.7. The van der Waals surface area contributed by atoms with Crippen molar-refractivity contribution in [3.05, 3.63) is 47.5 Å². The van der Waals surface area contributed by atoms with Crippen LogP contribution in [-0.2, 0) is 13.0 Å². The minimum absolute atomic E-state index is 0.0384. The largest absolute Gasteiger partial charge is 0.496 e. The maximum absolute atomic E-state index is 13.2. The number of carbonyl (C=O) groups is 1. The number of rotatable bonds is 4. The Morgan fingerprint density at radius 1 is 0.824 bits per heavy atom. The SMILES string of the molecule is COc1ccc(N2CCN(C)CC2)c2c1CCN(C(=O)Nc1ccc(N3CCCCC3)cc1)C2. The Morgan fingerprint density at radius 3 is 2.26 bits per heavy atom. The Morgan fingerprint density at radius 2 is 1.56 bits per heavy atom. The normalized spacial score (nSPS) is 19.1. The first-order chi connectivity index (χ1) is 16.6. The summed E-state index contributed by atoms with van der Waals surface area (Å²) in [4.78, 5) is 22.4. The Balaban J connectivity index is 1.29. The van der Waals surface area contributed by atoms with Crippen molar-refractivity contribution in [2.75, 3.05) is 75.1 Å². The fourth-order valence-electron chi connectivity index (χ4n) is 5.44. The second-order valence-electron chi connectivity index (χ2n) is 9.73. The number of piperazine rings is 1. The van der Waals surface area contributed by atoms with Gasteiger partial charge >= 0.3 is 6.03 Å². The van der Waals surface area contributed by atoms with Gasteiger partial charge in [0.05, 0.1) is 7.11 Å². The molecule has 0 aliphatic carbocycles. The van der Waals surface area contributed by atoms with Crippen LogP contribution in [0.1, 0.15) is 30.4 Å². The predicted molar refractivity (Wildman–Crippen MR) is 138 cm³/mol. The minimum Gasteiger partial charge on any atom is -0.496 e. The number of nitrogens with one attached hydrogen (secondary N) is 1. The lowest BCUT2D eigenvalue weighted by molar-refractivity contribution is 0.206. The van der Waals surface area contributed by atoms with E-state index in [2.05, 4.69) is 51.3 Å². The van der Waals surface area contributed by atoms with E-state index in [-0.39, 0.29) is 6.03 Å². The third-order valence-electron chi connectivity index (χ3n) is 7.54. The van der Waals surface area contributed by atoms with Crippen LogP contribution in [0.5, 0.6) is 5.75 Å². The summed E-state index contributed by atoms with van der Waals surface area (Å²) < 4.78 is 5.67. The summed E-state index contributed by atoms with van der Waals surface area (Å²) >= 11 is 0. The van der Waals surface area contributed by atoms with Crippen LogP contribution < -0.4 is 19.9 Å². The lowest BCUT2D eigenvalue weighted by Gasteiger charge is -2.38. The molecule has 2 amide bonds. The van der Waals surface area contributed by atoms with Crippen molar-refractivity contribution in [2.24, 2.45) is 0 Å². The van der Waals surface area contributed by atoms with Gasteiger partial charge in [0.25, 0.3) is 0 Å². The molecule has 3 heterocycles. The molecule has 3 aliphatic heterocycles. The number of hydrogen-bond acceptors (Lipinski definition) is 5. The van der Waals surface area contributed by atoms with E-state index in [1.807, 2.05) is 17.0 Å². The Bertz CT molecular complexity index is 995. The van der Waals surface area contributed by atoms with E-state index in [1.165, 1.54) is 41.8 Å². The lowest BCUT2D eigenvalue weighted by atomic mass is 9.96. The van der Waals surface area contributed by atoms with E-state index < -0.39 is 0 Å². The molecule has 2 aromatic rings. The molecular weight excluding hydrogens is 426 g/mol. The number of ether oxygens (including phenoxy) is 1. The Kier molecular flexibility index (Phi) is 6.81. The molecule has 0 spiro atoms. The van der Waals surface area contributed by atoms with E-state index in [0.717, 1.165) is 57.1 Å². The predicted octanol–water partition coefficient (Wildman–Crippen LogP) is 4.03. The molecule has 0 bridgehead atoms. The maximum atomic E-state index is 13.2. The zero-order valence-electron chi connectivity index (χ0n) is 20.6. The van der Waals surface area contributed by atoms with E-state index in [0.29, 0.717) is 13.1 Å². The summed E-state index contributed by atoms with van der Waals surface area (Å²) in [5.41, 5.74) is 5.81. The van der Waals surface area contributed by atoms with Gasteiger partial charge in [0, 0.05) is 80.5 Å². The number of likely N-dealkylation sites (N-methyl/N-ethyl adjacent to an activating group) is 1. The van der Waals surface area contributed by atoms with Crippen LogP contribution in [0.4, 0.5) is 21.9 Å². The second kappa shape index (κ2) is 10.1. The summed E-state index contributed by atoms with van der Waals surface area (Å²) in [6.45, 7) is 7.65.